The Balaban J connectivity index is 1.52. The van der Waals surface area contributed by atoms with Crippen molar-refractivity contribution in [1.29, 1.82) is 0 Å². The van der Waals surface area contributed by atoms with E-state index in [4.69, 9.17) is 33.9 Å². The normalized spacial score (nSPS) is 18.4. The van der Waals surface area contributed by atoms with E-state index in [0.717, 1.165) is 45.2 Å². The first kappa shape index (κ1) is 24.0. The molecule has 0 spiro atoms. The fourth-order valence-corrected chi connectivity index (χ4v) is 4.14. The molecule has 6 heteroatoms. The van der Waals surface area contributed by atoms with Crippen LogP contribution in [-0.2, 0) is 0 Å². The lowest BCUT2D eigenvalue weighted by molar-refractivity contribution is 0.324. The van der Waals surface area contributed by atoms with Crippen molar-refractivity contribution in [3.05, 3.63) is 84.2 Å². The summed E-state index contributed by atoms with van der Waals surface area (Å²) in [6.45, 7) is 0. The van der Waals surface area contributed by atoms with Crippen molar-refractivity contribution in [3.8, 4) is 11.5 Å². The zero-order valence-electron chi connectivity index (χ0n) is 18.5. The second-order valence-corrected chi connectivity index (χ2v) is 8.56. The lowest BCUT2D eigenvalue weighted by atomic mass is 9.90. The van der Waals surface area contributed by atoms with Crippen molar-refractivity contribution >= 4 is 34.2 Å². The first-order valence-corrected chi connectivity index (χ1v) is 11.6. The zero-order chi connectivity index (χ0) is 22.8. The molecular weight excluding hydrogens is 436 g/mol. The summed E-state index contributed by atoms with van der Waals surface area (Å²) in [5, 5.41) is 7.08. The number of rotatable bonds is 10. The third kappa shape index (κ3) is 6.90. The van der Waals surface area contributed by atoms with Crippen LogP contribution in [0.5, 0.6) is 11.5 Å². The van der Waals surface area contributed by atoms with Gasteiger partial charge in [0.25, 0.3) is 0 Å². The molecule has 0 bridgehead atoms. The Kier molecular flexibility index (Phi) is 9.26. The highest BCUT2D eigenvalue weighted by Gasteiger charge is 2.22. The van der Waals surface area contributed by atoms with Crippen LogP contribution >= 0.6 is 24.4 Å². The van der Waals surface area contributed by atoms with Crippen LogP contribution < -0.4 is 20.1 Å². The molecule has 0 amide bonds. The van der Waals surface area contributed by atoms with E-state index in [9.17, 15) is 0 Å². The van der Waals surface area contributed by atoms with E-state index in [-0.39, 0.29) is 0 Å². The number of allylic oxidation sites excluding steroid dienone is 2. The summed E-state index contributed by atoms with van der Waals surface area (Å²) in [5.74, 6) is 1.66. The van der Waals surface area contributed by atoms with Crippen LogP contribution in [0, 0.1) is 0 Å². The largest absolute Gasteiger partial charge is 0.497 e. The summed E-state index contributed by atoms with van der Waals surface area (Å²) in [6.07, 6.45) is 12.5. The highest BCUT2D eigenvalue weighted by molar-refractivity contribution is 7.81. The van der Waals surface area contributed by atoms with Gasteiger partial charge in [-0.3, -0.25) is 0 Å². The zero-order valence-corrected chi connectivity index (χ0v) is 20.2. The van der Waals surface area contributed by atoms with Gasteiger partial charge in [-0.05, 0) is 97.1 Å². The Morgan fingerprint density at radius 1 is 0.719 bits per heavy atom. The van der Waals surface area contributed by atoms with E-state index in [1.54, 1.807) is 14.2 Å². The van der Waals surface area contributed by atoms with Crippen molar-refractivity contribution < 1.29 is 9.47 Å². The van der Waals surface area contributed by atoms with Crippen LogP contribution in [0.15, 0.2) is 73.1 Å². The number of thiocarbonyl (C=S) groups is 2. The molecule has 168 valence electrons. The molecule has 2 aromatic rings. The van der Waals surface area contributed by atoms with Crippen molar-refractivity contribution in [2.45, 2.75) is 37.8 Å². The van der Waals surface area contributed by atoms with Crippen molar-refractivity contribution in [1.82, 2.24) is 10.6 Å². The number of nitrogens with one attached hydrogen (secondary N) is 2. The maximum Gasteiger partial charge on any atom is 0.118 e. The van der Waals surface area contributed by atoms with Gasteiger partial charge in [-0.1, -0.05) is 37.3 Å². The molecule has 0 unspecified atom stereocenters. The number of benzene rings is 2. The van der Waals surface area contributed by atoms with Crippen LogP contribution in [0.2, 0.25) is 0 Å². The predicted molar refractivity (Wildman–Crippen MR) is 140 cm³/mol. The highest BCUT2D eigenvalue weighted by atomic mass is 32.1. The predicted octanol–water partition coefficient (Wildman–Crippen LogP) is 5.36. The second kappa shape index (κ2) is 12.4. The maximum atomic E-state index is 5.54. The molecule has 2 N–H and O–H groups in total. The minimum absolute atomic E-state index is 0.345. The molecule has 0 heterocycles. The van der Waals surface area contributed by atoms with E-state index >= 15 is 0 Å². The monoisotopic (exact) mass is 466 g/mol. The molecule has 1 aliphatic carbocycles. The van der Waals surface area contributed by atoms with E-state index < -0.39 is 0 Å². The van der Waals surface area contributed by atoms with E-state index in [2.05, 4.69) is 10.6 Å². The Morgan fingerprint density at radius 3 is 1.44 bits per heavy atom. The Hall–Kier alpha value is -2.70. The van der Waals surface area contributed by atoms with Crippen LogP contribution in [0.25, 0.3) is 0 Å². The fraction of sp³-hybridized carbons (Fsp3) is 0.308. The van der Waals surface area contributed by atoms with Crippen LogP contribution in [0.3, 0.4) is 0 Å². The Morgan fingerprint density at radius 2 is 1.09 bits per heavy atom. The highest BCUT2D eigenvalue weighted by Crippen LogP contribution is 2.19. The summed E-state index contributed by atoms with van der Waals surface area (Å²) in [4.78, 5) is 1.59. The Labute approximate surface area is 201 Å². The Bertz CT molecular complexity index is 873. The SMILES string of the molecule is COc1ccc(C(=S)/C=C\N[C@@H]2CCCC[C@H]2N/C=C\C(=S)c2ccc(OC)cc2)cc1. The summed E-state index contributed by atoms with van der Waals surface area (Å²) < 4.78 is 10.4. The molecule has 0 saturated heterocycles. The van der Waals surface area contributed by atoms with Gasteiger partial charge in [0.05, 0.1) is 14.2 Å². The fourth-order valence-electron chi connectivity index (χ4n) is 3.73. The minimum atomic E-state index is 0.345. The third-order valence-corrected chi connectivity index (χ3v) is 6.35. The molecular formula is C26H30N2O2S2. The number of hydrogen-bond acceptors (Lipinski definition) is 6. The van der Waals surface area contributed by atoms with Gasteiger partial charge in [0.15, 0.2) is 0 Å². The second-order valence-electron chi connectivity index (χ2n) is 7.68. The summed E-state index contributed by atoms with van der Waals surface area (Å²) >= 11 is 11.1. The average Bonchev–Trinajstić information content (AvgIpc) is 2.85. The van der Waals surface area contributed by atoms with Crippen molar-refractivity contribution in [3.63, 3.8) is 0 Å². The van der Waals surface area contributed by atoms with Crippen molar-refractivity contribution in [2.24, 2.45) is 0 Å². The molecule has 0 aromatic heterocycles. The lowest BCUT2D eigenvalue weighted by Crippen LogP contribution is -2.46. The summed E-state index contributed by atoms with van der Waals surface area (Å²) in [6, 6.07) is 16.3. The minimum Gasteiger partial charge on any atom is -0.497 e. The molecule has 0 radical (unpaired) electrons. The maximum absolute atomic E-state index is 5.54. The van der Waals surface area contributed by atoms with Gasteiger partial charge in [-0.2, -0.15) is 0 Å². The molecule has 4 nitrogen and oxygen atoms in total. The molecule has 1 fully saturated rings. The van der Waals surface area contributed by atoms with Crippen molar-refractivity contribution in [2.75, 3.05) is 14.2 Å². The van der Waals surface area contributed by atoms with Gasteiger partial charge in [0.2, 0.25) is 0 Å². The summed E-state index contributed by atoms with van der Waals surface area (Å²) in [7, 11) is 3.32. The van der Waals surface area contributed by atoms with E-state index in [1.165, 1.54) is 12.8 Å². The molecule has 2 aromatic carbocycles. The third-order valence-electron chi connectivity index (χ3n) is 5.61. The van der Waals surface area contributed by atoms with Crippen LogP contribution in [-0.4, -0.2) is 36.0 Å². The molecule has 3 rings (SSSR count). The van der Waals surface area contributed by atoms with Gasteiger partial charge < -0.3 is 20.1 Å². The topological polar surface area (TPSA) is 42.5 Å². The lowest BCUT2D eigenvalue weighted by Gasteiger charge is -2.32. The first-order chi connectivity index (χ1) is 15.6. The van der Waals surface area contributed by atoms with Gasteiger partial charge in [0.1, 0.15) is 11.5 Å². The molecule has 1 saturated carbocycles. The standard InChI is InChI=1S/C26H30N2O2S2/c1-29-21-11-7-19(8-12-21)25(31)15-17-27-23-5-3-4-6-24(23)28-18-16-26(32)20-9-13-22(30-2)14-10-20/h7-18,23-24,27-28H,3-6H2,1-2H3/b17-15-,18-16-/t23-,24-/m1/s1. The van der Waals surface area contributed by atoms with Gasteiger partial charge in [0, 0.05) is 21.8 Å². The van der Waals surface area contributed by atoms with E-state index in [0.29, 0.717) is 12.1 Å². The van der Waals surface area contributed by atoms with Gasteiger partial charge in [-0.25, -0.2) is 0 Å². The quantitative estimate of drug-likeness (QED) is 0.279. The molecule has 1 aliphatic rings. The van der Waals surface area contributed by atoms with Crippen LogP contribution in [0.1, 0.15) is 36.8 Å². The average molecular weight is 467 g/mol. The molecule has 2 atom stereocenters. The van der Waals surface area contributed by atoms with E-state index in [1.807, 2.05) is 73.1 Å². The molecule has 0 aliphatic heterocycles. The van der Waals surface area contributed by atoms with Crippen LogP contribution in [0.4, 0.5) is 0 Å². The smallest absolute Gasteiger partial charge is 0.118 e. The van der Waals surface area contributed by atoms with Gasteiger partial charge >= 0.3 is 0 Å². The van der Waals surface area contributed by atoms with Gasteiger partial charge in [-0.15, -0.1) is 0 Å². The number of hydrogen-bond donors (Lipinski definition) is 2. The number of methoxy groups -OCH3 is 2. The summed E-state index contributed by atoms with van der Waals surface area (Å²) in [5.41, 5.74) is 2.01. The molecule has 32 heavy (non-hydrogen) atoms. The first-order valence-electron chi connectivity index (χ1n) is 10.8. The number of ether oxygens (including phenoxy) is 2.